The van der Waals surface area contributed by atoms with Crippen molar-refractivity contribution in [2.24, 2.45) is 0 Å². The van der Waals surface area contributed by atoms with Crippen molar-refractivity contribution in [3.05, 3.63) is 72.2 Å². The van der Waals surface area contributed by atoms with Crippen LogP contribution in [0.2, 0.25) is 0 Å². The number of furan rings is 1. The molecule has 0 N–H and O–H groups in total. The summed E-state index contributed by atoms with van der Waals surface area (Å²) in [4.78, 5) is 20.0. The molecule has 2 aromatic carbocycles. The molecule has 1 saturated heterocycles. The number of hydrogen-bond donors (Lipinski definition) is 0. The van der Waals surface area contributed by atoms with Gasteiger partial charge in [0.15, 0.2) is 5.13 Å². The standard InChI is InChI=1S/C26H27N3O6S2/c1-28(16-20-5-3-13-34-20)37(31,32)22-10-7-18(8-11-22)25(30)29(17-21-6-4-14-35-21)26-27-23-15-19(33-2)9-12-24(23)36-26/h4,6-12,14-15,20H,3,5,13,16-17H2,1-2H3. The maximum Gasteiger partial charge on any atom is 0.260 e. The Bertz CT molecular complexity index is 1480. The van der Waals surface area contributed by atoms with E-state index in [1.165, 1.54) is 44.8 Å². The Balaban J connectivity index is 1.41. The molecule has 5 rings (SSSR count). The average molecular weight is 542 g/mol. The van der Waals surface area contributed by atoms with Crippen molar-refractivity contribution >= 4 is 42.6 Å². The molecule has 1 amide bonds. The summed E-state index contributed by atoms with van der Waals surface area (Å²) in [5.41, 5.74) is 1.05. The number of thiazole rings is 1. The minimum Gasteiger partial charge on any atom is -0.497 e. The number of carbonyl (C=O) groups excluding carboxylic acids is 1. The van der Waals surface area contributed by atoms with E-state index in [9.17, 15) is 13.2 Å². The SMILES string of the molecule is COc1ccc2sc(N(Cc3ccco3)C(=O)c3ccc(S(=O)(=O)N(C)CC4CCCO4)cc3)nc2c1. The average Bonchev–Trinajstić information content (AvgIpc) is 3.68. The van der Waals surface area contributed by atoms with E-state index in [0.717, 1.165) is 17.5 Å². The number of nitrogens with zero attached hydrogens (tertiary/aromatic N) is 3. The first-order chi connectivity index (χ1) is 17.8. The first-order valence-electron chi connectivity index (χ1n) is 11.8. The second-order valence-electron chi connectivity index (χ2n) is 8.75. The molecular formula is C26H27N3O6S2. The number of likely N-dealkylation sites (N-methyl/N-ethyl adjacent to an activating group) is 1. The van der Waals surface area contributed by atoms with Gasteiger partial charge in [0.05, 0.1) is 41.1 Å². The Morgan fingerprint density at radius 3 is 2.68 bits per heavy atom. The molecule has 1 unspecified atom stereocenters. The zero-order valence-electron chi connectivity index (χ0n) is 20.5. The van der Waals surface area contributed by atoms with Gasteiger partial charge in [-0.1, -0.05) is 11.3 Å². The third-order valence-corrected chi connectivity index (χ3v) is 9.14. The van der Waals surface area contributed by atoms with Gasteiger partial charge in [0, 0.05) is 31.8 Å². The quantitative estimate of drug-likeness (QED) is 0.306. The monoisotopic (exact) mass is 541 g/mol. The summed E-state index contributed by atoms with van der Waals surface area (Å²) in [5.74, 6) is 0.953. The van der Waals surface area contributed by atoms with Crippen LogP contribution in [0, 0.1) is 0 Å². The van der Waals surface area contributed by atoms with Gasteiger partial charge in [0.25, 0.3) is 5.91 Å². The molecule has 1 aliphatic heterocycles. The summed E-state index contributed by atoms with van der Waals surface area (Å²) in [6.45, 7) is 1.13. The number of methoxy groups -OCH3 is 1. The minimum atomic E-state index is -3.72. The van der Waals surface area contributed by atoms with Gasteiger partial charge in [0.1, 0.15) is 11.5 Å². The number of benzene rings is 2. The predicted molar refractivity (Wildman–Crippen MR) is 141 cm³/mol. The maximum atomic E-state index is 13.6. The minimum absolute atomic E-state index is 0.0930. The van der Waals surface area contributed by atoms with Crippen molar-refractivity contribution in [2.75, 3.05) is 32.2 Å². The van der Waals surface area contributed by atoms with E-state index >= 15 is 0 Å². The number of sulfonamides is 1. The molecule has 11 heteroatoms. The summed E-state index contributed by atoms with van der Waals surface area (Å²) in [6.07, 6.45) is 3.24. The van der Waals surface area contributed by atoms with Crippen molar-refractivity contribution in [1.82, 2.24) is 9.29 Å². The lowest BCUT2D eigenvalue weighted by Crippen LogP contribution is -2.34. The summed E-state index contributed by atoms with van der Waals surface area (Å²) in [7, 11) is -0.581. The molecule has 194 valence electrons. The fraction of sp³-hybridized carbons (Fsp3) is 0.308. The van der Waals surface area contributed by atoms with Gasteiger partial charge >= 0.3 is 0 Å². The lowest BCUT2D eigenvalue weighted by molar-refractivity contribution is 0.0978. The van der Waals surface area contributed by atoms with Crippen LogP contribution in [0.3, 0.4) is 0 Å². The summed E-state index contributed by atoms with van der Waals surface area (Å²) in [5, 5.41) is 0.498. The topological polar surface area (TPSA) is 102 Å². The summed E-state index contributed by atoms with van der Waals surface area (Å²) in [6, 6.07) is 15.1. The highest BCUT2D eigenvalue weighted by Crippen LogP contribution is 2.33. The van der Waals surface area contributed by atoms with Gasteiger partial charge in [-0.15, -0.1) is 0 Å². The zero-order valence-corrected chi connectivity index (χ0v) is 22.1. The van der Waals surface area contributed by atoms with E-state index in [2.05, 4.69) is 4.98 Å². The van der Waals surface area contributed by atoms with E-state index in [1.807, 2.05) is 18.2 Å². The van der Waals surface area contributed by atoms with E-state index in [1.54, 1.807) is 32.6 Å². The molecule has 37 heavy (non-hydrogen) atoms. The molecule has 0 radical (unpaired) electrons. The summed E-state index contributed by atoms with van der Waals surface area (Å²) >= 11 is 1.38. The van der Waals surface area contributed by atoms with Crippen LogP contribution >= 0.6 is 11.3 Å². The molecule has 4 aromatic rings. The second kappa shape index (κ2) is 10.6. The zero-order chi connectivity index (χ0) is 26.0. The molecular weight excluding hydrogens is 514 g/mol. The van der Waals surface area contributed by atoms with Crippen molar-refractivity contribution < 1.29 is 27.1 Å². The van der Waals surface area contributed by atoms with Gasteiger partial charge in [0.2, 0.25) is 10.0 Å². The van der Waals surface area contributed by atoms with Gasteiger partial charge in [-0.3, -0.25) is 9.69 Å². The van der Waals surface area contributed by atoms with E-state index in [-0.39, 0.29) is 23.5 Å². The molecule has 1 aliphatic rings. The lowest BCUT2D eigenvalue weighted by Gasteiger charge is -2.21. The van der Waals surface area contributed by atoms with Crippen LogP contribution in [0.4, 0.5) is 5.13 Å². The number of aromatic nitrogens is 1. The van der Waals surface area contributed by atoms with Crippen molar-refractivity contribution in [3.8, 4) is 5.75 Å². The van der Waals surface area contributed by atoms with Gasteiger partial charge in [-0.05, 0) is 61.4 Å². The molecule has 3 heterocycles. The van der Waals surface area contributed by atoms with Crippen LogP contribution in [0.25, 0.3) is 10.2 Å². The smallest absolute Gasteiger partial charge is 0.260 e. The number of rotatable bonds is 9. The van der Waals surface area contributed by atoms with Gasteiger partial charge in [-0.25, -0.2) is 13.4 Å². The largest absolute Gasteiger partial charge is 0.497 e. The third-order valence-electron chi connectivity index (χ3n) is 6.25. The highest BCUT2D eigenvalue weighted by atomic mass is 32.2. The van der Waals surface area contributed by atoms with Crippen molar-refractivity contribution in [2.45, 2.75) is 30.4 Å². The Morgan fingerprint density at radius 2 is 2.00 bits per heavy atom. The van der Waals surface area contributed by atoms with Crippen LogP contribution in [0.15, 0.2) is 70.2 Å². The number of amides is 1. The van der Waals surface area contributed by atoms with E-state index < -0.39 is 10.0 Å². The molecule has 1 fully saturated rings. The van der Waals surface area contributed by atoms with Crippen LogP contribution < -0.4 is 9.64 Å². The van der Waals surface area contributed by atoms with Crippen LogP contribution in [-0.2, 0) is 21.3 Å². The van der Waals surface area contributed by atoms with Crippen LogP contribution in [-0.4, -0.2) is 57.0 Å². The van der Waals surface area contributed by atoms with Gasteiger partial charge in [-0.2, -0.15) is 4.31 Å². The molecule has 9 nitrogen and oxygen atoms in total. The lowest BCUT2D eigenvalue weighted by atomic mass is 10.2. The number of ether oxygens (including phenoxy) is 2. The Hall–Kier alpha value is -3.25. The van der Waals surface area contributed by atoms with E-state index in [4.69, 9.17) is 13.9 Å². The molecule has 1 atom stereocenters. The van der Waals surface area contributed by atoms with Crippen LogP contribution in [0.1, 0.15) is 29.0 Å². The summed E-state index contributed by atoms with van der Waals surface area (Å²) < 4.78 is 44.7. The van der Waals surface area contributed by atoms with Gasteiger partial charge < -0.3 is 13.9 Å². The maximum absolute atomic E-state index is 13.6. The molecule has 0 saturated carbocycles. The Kier molecular flexibility index (Phi) is 7.29. The highest BCUT2D eigenvalue weighted by Gasteiger charge is 2.27. The highest BCUT2D eigenvalue weighted by molar-refractivity contribution is 7.89. The normalized spacial score (nSPS) is 15.9. The number of anilines is 1. The Labute approximate surface area is 219 Å². The molecule has 2 aromatic heterocycles. The number of fused-ring (bicyclic) bond motifs is 1. The predicted octanol–water partition coefficient (Wildman–Crippen LogP) is 4.54. The number of carbonyl (C=O) groups is 1. The Morgan fingerprint density at radius 1 is 1.19 bits per heavy atom. The van der Waals surface area contributed by atoms with E-state index in [0.29, 0.717) is 40.9 Å². The fourth-order valence-electron chi connectivity index (χ4n) is 4.20. The first kappa shape index (κ1) is 25.4. The second-order valence-corrected chi connectivity index (χ2v) is 11.8. The molecule has 0 spiro atoms. The fourth-order valence-corrected chi connectivity index (χ4v) is 6.35. The van der Waals surface area contributed by atoms with Crippen LogP contribution in [0.5, 0.6) is 5.75 Å². The molecule has 0 aliphatic carbocycles. The van der Waals surface area contributed by atoms with Crippen molar-refractivity contribution in [3.63, 3.8) is 0 Å². The first-order valence-corrected chi connectivity index (χ1v) is 14.1. The number of hydrogen-bond acceptors (Lipinski definition) is 8. The molecule has 0 bridgehead atoms. The third kappa shape index (κ3) is 5.40. The van der Waals surface area contributed by atoms with Crippen molar-refractivity contribution in [1.29, 1.82) is 0 Å².